The number of rotatable bonds is 3. The van der Waals surface area contributed by atoms with E-state index in [9.17, 15) is 0 Å². The number of hydrogen-bond donors (Lipinski definition) is 1. The van der Waals surface area contributed by atoms with Crippen LogP contribution in [-0.4, -0.2) is 9.55 Å². The maximum Gasteiger partial charge on any atom is 0.109 e. The molecule has 1 aliphatic heterocycles. The molecule has 0 spiro atoms. The fourth-order valence-electron chi connectivity index (χ4n) is 2.96. The number of anilines is 2. The highest BCUT2D eigenvalue weighted by atomic mass is 15.1. The fourth-order valence-corrected chi connectivity index (χ4v) is 2.96. The fraction of sp³-hybridized carbons (Fsp3) is 0.211. The predicted molar refractivity (Wildman–Crippen MR) is 90.3 cm³/mol. The van der Waals surface area contributed by atoms with Gasteiger partial charge in [0, 0.05) is 36.1 Å². The Morgan fingerprint density at radius 1 is 0.864 bits per heavy atom. The molecule has 0 saturated heterocycles. The number of nitrogens with one attached hydrogen (secondary N) is 1. The minimum absolute atomic E-state index is 1.09. The van der Waals surface area contributed by atoms with Crippen molar-refractivity contribution in [3.8, 4) is 11.3 Å². The molecule has 0 radical (unpaired) electrons. The van der Waals surface area contributed by atoms with Crippen molar-refractivity contribution in [3.63, 3.8) is 0 Å². The van der Waals surface area contributed by atoms with Crippen LogP contribution in [0.15, 0.2) is 60.8 Å². The minimum Gasteiger partial charge on any atom is -0.356 e. The molecule has 1 aliphatic rings. The van der Waals surface area contributed by atoms with Crippen LogP contribution in [0, 0.1) is 0 Å². The van der Waals surface area contributed by atoms with Gasteiger partial charge in [-0.05, 0) is 37.1 Å². The SMILES string of the molecule is c1ccc(Nc2ccc(-c3cn4c(n3)CCCC4)cc2)cc1. The number of aryl methyl sites for hydroxylation is 2. The summed E-state index contributed by atoms with van der Waals surface area (Å²) < 4.78 is 2.30. The highest BCUT2D eigenvalue weighted by Crippen LogP contribution is 2.25. The predicted octanol–water partition coefficient (Wildman–Crippen LogP) is 4.63. The van der Waals surface area contributed by atoms with Crippen molar-refractivity contribution in [2.75, 3.05) is 5.32 Å². The Morgan fingerprint density at radius 3 is 2.41 bits per heavy atom. The highest BCUT2D eigenvalue weighted by Gasteiger charge is 2.12. The quantitative estimate of drug-likeness (QED) is 0.762. The van der Waals surface area contributed by atoms with E-state index in [1.54, 1.807) is 0 Å². The van der Waals surface area contributed by atoms with E-state index in [0.717, 1.165) is 30.0 Å². The first-order valence-electron chi connectivity index (χ1n) is 7.87. The summed E-state index contributed by atoms with van der Waals surface area (Å²) in [7, 11) is 0. The van der Waals surface area contributed by atoms with Gasteiger partial charge in [-0.2, -0.15) is 0 Å². The molecule has 1 aromatic heterocycles. The van der Waals surface area contributed by atoms with Crippen molar-refractivity contribution in [2.24, 2.45) is 0 Å². The largest absolute Gasteiger partial charge is 0.356 e. The van der Waals surface area contributed by atoms with Crippen molar-refractivity contribution < 1.29 is 0 Å². The Hall–Kier alpha value is -2.55. The van der Waals surface area contributed by atoms with Gasteiger partial charge < -0.3 is 9.88 Å². The van der Waals surface area contributed by atoms with Gasteiger partial charge in [0.15, 0.2) is 0 Å². The molecule has 4 rings (SSSR count). The van der Waals surface area contributed by atoms with Gasteiger partial charge in [-0.1, -0.05) is 30.3 Å². The van der Waals surface area contributed by atoms with E-state index in [2.05, 4.69) is 52.5 Å². The van der Waals surface area contributed by atoms with Gasteiger partial charge in [-0.3, -0.25) is 0 Å². The van der Waals surface area contributed by atoms with Crippen LogP contribution in [0.2, 0.25) is 0 Å². The summed E-state index contributed by atoms with van der Waals surface area (Å²) in [6.45, 7) is 1.11. The van der Waals surface area contributed by atoms with Crippen LogP contribution in [-0.2, 0) is 13.0 Å². The maximum absolute atomic E-state index is 4.78. The maximum atomic E-state index is 4.78. The summed E-state index contributed by atoms with van der Waals surface area (Å²) in [6.07, 6.45) is 5.82. The summed E-state index contributed by atoms with van der Waals surface area (Å²) in [6, 6.07) is 18.7. The summed E-state index contributed by atoms with van der Waals surface area (Å²) in [5, 5.41) is 3.41. The summed E-state index contributed by atoms with van der Waals surface area (Å²) in [5.74, 6) is 1.23. The van der Waals surface area contributed by atoms with Crippen molar-refractivity contribution in [3.05, 3.63) is 66.6 Å². The average molecular weight is 289 g/mol. The molecule has 0 atom stereocenters. The number of fused-ring (bicyclic) bond motifs is 1. The van der Waals surface area contributed by atoms with E-state index in [1.807, 2.05) is 18.2 Å². The lowest BCUT2D eigenvalue weighted by Gasteiger charge is -2.11. The third kappa shape index (κ3) is 2.62. The monoisotopic (exact) mass is 289 g/mol. The second kappa shape index (κ2) is 5.68. The third-order valence-electron chi connectivity index (χ3n) is 4.15. The molecule has 3 heteroatoms. The first-order valence-corrected chi connectivity index (χ1v) is 7.87. The second-order valence-corrected chi connectivity index (χ2v) is 5.76. The topological polar surface area (TPSA) is 29.9 Å². The number of para-hydroxylation sites is 1. The molecule has 0 unspecified atom stereocenters. The lowest BCUT2D eigenvalue weighted by molar-refractivity contribution is 0.522. The Labute approximate surface area is 130 Å². The molecule has 110 valence electrons. The number of aromatic nitrogens is 2. The minimum atomic E-state index is 1.09. The zero-order chi connectivity index (χ0) is 14.8. The zero-order valence-electron chi connectivity index (χ0n) is 12.5. The molecule has 0 amide bonds. The van der Waals surface area contributed by atoms with Crippen molar-refractivity contribution in [1.82, 2.24) is 9.55 Å². The van der Waals surface area contributed by atoms with Crippen molar-refractivity contribution in [1.29, 1.82) is 0 Å². The number of benzene rings is 2. The van der Waals surface area contributed by atoms with Crippen LogP contribution in [0.5, 0.6) is 0 Å². The first kappa shape index (κ1) is 13.1. The van der Waals surface area contributed by atoms with Crippen LogP contribution >= 0.6 is 0 Å². The number of imidazole rings is 1. The Bertz CT molecular complexity index is 734. The van der Waals surface area contributed by atoms with Gasteiger partial charge in [0.05, 0.1) is 5.69 Å². The summed E-state index contributed by atoms with van der Waals surface area (Å²) >= 11 is 0. The summed E-state index contributed by atoms with van der Waals surface area (Å²) in [4.78, 5) is 4.78. The number of nitrogens with zero attached hydrogens (tertiary/aromatic N) is 2. The highest BCUT2D eigenvalue weighted by molar-refractivity contribution is 5.66. The van der Waals surface area contributed by atoms with E-state index in [4.69, 9.17) is 4.98 Å². The molecule has 3 nitrogen and oxygen atoms in total. The molecule has 0 fully saturated rings. The van der Waals surface area contributed by atoms with Gasteiger partial charge in [0.2, 0.25) is 0 Å². The van der Waals surface area contributed by atoms with Crippen molar-refractivity contribution >= 4 is 11.4 Å². The van der Waals surface area contributed by atoms with Crippen molar-refractivity contribution in [2.45, 2.75) is 25.8 Å². The van der Waals surface area contributed by atoms with Gasteiger partial charge in [-0.25, -0.2) is 4.98 Å². The molecule has 0 bridgehead atoms. The molecule has 22 heavy (non-hydrogen) atoms. The van der Waals surface area contributed by atoms with E-state index in [-0.39, 0.29) is 0 Å². The molecule has 2 heterocycles. The van der Waals surface area contributed by atoms with Gasteiger partial charge >= 0.3 is 0 Å². The normalized spacial score (nSPS) is 13.6. The Kier molecular flexibility index (Phi) is 3.39. The Balaban J connectivity index is 1.55. The molecule has 0 aliphatic carbocycles. The van der Waals surface area contributed by atoms with Crippen LogP contribution in [0.1, 0.15) is 18.7 Å². The van der Waals surface area contributed by atoms with E-state index in [0.29, 0.717) is 0 Å². The lowest BCUT2D eigenvalue weighted by Crippen LogP contribution is -2.08. The van der Waals surface area contributed by atoms with Crippen LogP contribution in [0.4, 0.5) is 11.4 Å². The molecular weight excluding hydrogens is 270 g/mol. The average Bonchev–Trinajstić information content (AvgIpc) is 3.00. The second-order valence-electron chi connectivity index (χ2n) is 5.76. The Morgan fingerprint density at radius 2 is 1.64 bits per heavy atom. The van der Waals surface area contributed by atoms with E-state index < -0.39 is 0 Å². The molecule has 0 saturated carbocycles. The molecule has 1 N–H and O–H groups in total. The standard InChI is InChI=1S/C19H19N3/c1-2-6-16(7-3-1)20-17-11-9-15(10-12-17)18-14-22-13-5-4-8-19(22)21-18/h1-3,6-7,9-12,14,20H,4-5,8,13H2. The van der Waals surface area contributed by atoms with Gasteiger partial charge in [0.25, 0.3) is 0 Å². The first-order chi connectivity index (χ1) is 10.9. The smallest absolute Gasteiger partial charge is 0.109 e. The number of hydrogen-bond acceptors (Lipinski definition) is 2. The van der Waals surface area contributed by atoms with E-state index >= 15 is 0 Å². The lowest BCUT2D eigenvalue weighted by atomic mass is 10.1. The van der Waals surface area contributed by atoms with Gasteiger partial charge in [-0.15, -0.1) is 0 Å². The molecule has 2 aromatic carbocycles. The third-order valence-corrected chi connectivity index (χ3v) is 4.15. The summed E-state index contributed by atoms with van der Waals surface area (Å²) in [5.41, 5.74) is 4.47. The van der Waals surface area contributed by atoms with Crippen LogP contribution in [0.25, 0.3) is 11.3 Å². The van der Waals surface area contributed by atoms with E-state index in [1.165, 1.54) is 24.2 Å². The molecule has 3 aromatic rings. The van der Waals surface area contributed by atoms with Crippen LogP contribution in [0.3, 0.4) is 0 Å². The molecular formula is C19H19N3. The van der Waals surface area contributed by atoms with Gasteiger partial charge in [0.1, 0.15) is 5.82 Å². The van der Waals surface area contributed by atoms with Crippen LogP contribution < -0.4 is 5.32 Å². The zero-order valence-corrected chi connectivity index (χ0v) is 12.5.